The highest BCUT2D eigenvalue weighted by Gasteiger charge is 2.30. The molecule has 2 unspecified atom stereocenters. The topological polar surface area (TPSA) is 82.1 Å². The Morgan fingerprint density at radius 1 is 0.561 bits per heavy atom. The van der Waals surface area contributed by atoms with Gasteiger partial charge in [-0.25, -0.2) is 0 Å². The maximum atomic E-state index is 13.3. The van der Waals surface area contributed by atoms with Gasteiger partial charge in [0.25, 0.3) is 0 Å². The average Bonchev–Trinajstić information content (AvgIpc) is 3.17. The van der Waals surface area contributed by atoms with Gasteiger partial charge in [0.2, 0.25) is 0 Å². The van der Waals surface area contributed by atoms with Crippen molar-refractivity contribution in [2.75, 3.05) is 33.4 Å². The molecule has 7 heteroatoms. The zero-order chi connectivity index (χ0) is 42.2. The number of hydrogen-bond donors (Lipinski definition) is 0. The Labute approximate surface area is 353 Å². The van der Waals surface area contributed by atoms with Crippen molar-refractivity contribution >= 4 is 17.9 Å². The van der Waals surface area contributed by atoms with Crippen molar-refractivity contribution in [2.45, 2.75) is 247 Å². The Morgan fingerprint density at radius 3 is 1.53 bits per heavy atom. The summed E-state index contributed by atoms with van der Waals surface area (Å²) in [6, 6.07) is 0. The normalized spacial score (nSPS) is 15.4. The molecular formula is C50H95NO6. The van der Waals surface area contributed by atoms with E-state index in [-0.39, 0.29) is 24.0 Å². The minimum absolute atomic E-state index is 0.0442. The molecular weight excluding hydrogens is 711 g/mol. The second kappa shape index (κ2) is 33.1. The molecule has 0 bridgehead atoms. The Morgan fingerprint density at radius 2 is 0.982 bits per heavy atom. The van der Waals surface area contributed by atoms with Gasteiger partial charge in [0, 0.05) is 6.42 Å². The molecule has 336 valence electrons. The van der Waals surface area contributed by atoms with Crippen LogP contribution in [0.4, 0.5) is 0 Å². The molecule has 1 fully saturated rings. The fourth-order valence-corrected chi connectivity index (χ4v) is 8.27. The largest absolute Gasteiger partial charge is 0.465 e. The molecule has 1 aliphatic heterocycles. The van der Waals surface area contributed by atoms with Crippen LogP contribution in [0.25, 0.3) is 0 Å². The molecule has 7 nitrogen and oxygen atoms in total. The van der Waals surface area contributed by atoms with E-state index in [1.165, 1.54) is 83.5 Å². The lowest BCUT2D eigenvalue weighted by molar-refractivity contribution is -0.156. The highest BCUT2D eigenvalue weighted by atomic mass is 16.5. The maximum absolute atomic E-state index is 13.3. The van der Waals surface area contributed by atoms with E-state index in [9.17, 15) is 14.4 Å². The third-order valence-corrected chi connectivity index (χ3v) is 12.7. The van der Waals surface area contributed by atoms with E-state index in [4.69, 9.17) is 14.2 Å². The van der Waals surface area contributed by atoms with Crippen molar-refractivity contribution in [3.8, 4) is 0 Å². The van der Waals surface area contributed by atoms with Gasteiger partial charge in [0.15, 0.2) is 0 Å². The third kappa shape index (κ3) is 27.7. The summed E-state index contributed by atoms with van der Waals surface area (Å²) in [5, 5.41) is 0. The van der Waals surface area contributed by atoms with E-state index in [0.717, 1.165) is 116 Å². The number of rotatable bonds is 37. The fraction of sp³-hybridized carbons (Fsp3) is 0.940. The Bertz CT molecular complexity index is 1000. The number of piperidine rings is 1. The lowest BCUT2D eigenvalue weighted by atomic mass is 9.86. The van der Waals surface area contributed by atoms with Crippen molar-refractivity contribution < 1.29 is 28.6 Å². The molecule has 1 heterocycles. The molecule has 2 atom stereocenters. The van der Waals surface area contributed by atoms with Crippen LogP contribution < -0.4 is 0 Å². The molecule has 0 radical (unpaired) electrons. The summed E-state index contributed by atoms with van der Waals surface area (Å²) >= 11 is 0. The molecule has 0 saturated carbocycles. The van der Waals surface area contributed by atoms with Gasteiger partial charge >= 0.3 is 17.9 Å². The van der Waals surface area contributed by atoms with Gasteiger partial charge in [-0.15, -0.1) is 0 Å². The summed E-state index contributed by atoms with van der Waals surface area (Å²) in [7, 11) is 2.15. The van der Waals surface area contributed by atoms with Crippen molar-refractivity contribution in [2.24, 2.45) is 22.7 Å². The van der Waals surface area contributed by atoms with Gasteiger partial charge in [0.1, 0.15) is 6.10 Å². The molecule has 1 saturated heterocycles. The van der Waals surface area contributed by atoms with Crippen LogP contribution in [0.1, 0.15) is 241 Å². The number of ether oxygens (including phenoxy) is 3. The van der Waals surface area contributed by atoms with Crippen molar-refractivity contribution in [1.29, 1.82) is 0 Å². The second-order valence-electron chi connectivity index (χ2n) is 19.4. The van der Waals surface area contributed by atoms with Crippen LogP contribution in [0.5, 0.6) is 0 Å². The predicted molar refractivity (Wildman–Crippen MR) is 239 cm³/mol. The van der Waals surface area contributed by atoms with Crippen LogP contribution >= 0.6 is 0 Å². The van der Waals surface area contributed by atoms with E-state index in [1.807, 2.05) is 27.7 Å². The SMILES string of the molecule is CCCCCCCCCOC(=O)C(C)(C)CCCCCC(CCCCCC(C)(C)C(=O)OCC(CCCCC)CCCCCCC)OC(=O)CC1CCN(C)CC1. The number of likely N-dealkylation sites (tertiary alicyclic amines) is 1. The molecule has 0 aliphatic carbocycles. The number of carbonyl (C=O) groups excluding carboxylic acids is 3. The van der Waals surface area contributed by atoms with E-state index in [2.05, 4.69) is 32.7 Å². The van der Waals surface area contributed by atoms with Gasteiger partial charge in [0.05, 0.1) is 24.0 Å². The summed E-state index contributed by atoms with van der Waals surface area (Å²) in [5.74, 6) is 0.716. The molecule has 0 aromatic rings. The van der Waals surface area contributed by atoms with Gasteiger partial charge in [-0.3, -0.25) is 14.4 Å². The number of unbranched alkanes of at least 4 members (excludes halogenated alkanes) is 16. The van der Waals surface area contributed by atoms with Gasteiger partial charge in [-0.05, 0) is 130 Å². The summed E-state index contributed by atoms with van der Waals surface area (Å²) < 4.78 is 17.9. The molecule has 0 N–H and O–H groups in total. The van der Waals surface area contributed by atoms with E-state index in [1.54, 1.807) is 0 Å². The predicted octanol–water partition coefficient (Wildman–Crippen LogP) is 14.0. The first kappa shape index (κ1) is 53.4. The highest BCUT2D eigenvalue weighted by molar-refractivity contribution is 5.76. The monoisotopic (exact) mass is 806 g/mol. The van der Waals surface area contributed by atoms with E-state index < -0.39 is 10.8 Å². The van der Waals surface area contributed by atoms with Crippen molar-refractivity contribution in [3.05, 3.63) is 0 Å². The van der Waals surface area contributed by atoms with Gasteiger partial charge in [-0.2, -0.15) is 0 Å². The first-order chi connectivity index (χ1) is 27.3. The minimum atomic E-state index is -0.497. The maximum Gasteiger partial charge on any atom is 0.311 e. The molecule has 0 spiro atoms. The molecule has 0 aromatic carbocycles. The zero-order valence-corrected chi connectivity index (χ0v) is 39.2. The average molecular weight is 806 g/mol. The summed E-state index contributed by atoms with van der Waals surface area (Å²) in [4.78, 5) is 41.6. The quantitative estimate of drug-likeness (QED) is 0.0351. The summed E-state index contributed by atoms with van der Waals surface area (Å²) in [6.07, 6.45) is 32.7. The molecule has 0 aromatic heterocycles. The van der Waals surface area contributed by atoms with E-state index >= 15 is 0 Å². The first-order valence-corrected chi connectivity index (χ1v) is 24.6. The number of esters is 3. The summed E-state index contributed by atoms with van der Waals surface area (Å²) in [6.45, 7) is 18.0. The summed E-state index contributed by atoms with van der Waals surface area (Å²) in [5.41, 5.74) is -0.978. The van der Waals surface area contributed by atoms with Crippen molar-refractivity contribution in [3.63, 3.8) is 0 Å². The molecule has 1 rings (SSSR count). The number of hydrogen-bond acceptors (Lipinski definition) is 7. The van der Waals surface area contributed by atoms with Gasteiger partial charge < -0.3 is 19.1 Å². The molecule has 0 amide bonds. The lowest BCUT2D eigenvalue weighted by Gasteiger charge is -2.29. The van der Waals surface area contributed by atoms with Crippen LogP contribution in [0.15, 0.2) is 0 Å². The van der Waals surface area contributed by atoms with Crippen LogP contribution in [0.2, 0.25) is 0 Å². The third-order valence-electron chi connectivity index (χ3n) is 12.7. The Balaban J connectivity index is 2.54. The molecule has 1 aliphatic rings. The van der Waals surface area contributed by atoms with Gasteiger partial charge in [-0.1, -0.05) is 136 Å². The van der Waals surface area contributed by atoms with Crippen LogP contribution in [-0.4, -0.2) is 62.3 Å². The Kier molecular flexibility index (Phi) is 31.0. The molecule has 57 heavy (non-hydrogen) atoms. The minimum Gasteiger partial charge on any atom is -0.465 e. The highest BCUT2D eigenvalue weighted by Crippen LogP contribution is 2.30. The first-order valence-electron chi connectivity index (χ1n) is 24.6. The van der Waals surface area contributed by atoms with Crippen LogP contribution in [-0.2, 0) is 28.6 Å². The van der Waals surface area contributed by atoms with Crippen LogP contribution in [0.3, 0.4) is 0 Å². The van der Waals surface area contributed by atoms with Crippen LogP contribution in [0, 0.1) is 22.7 Å². The smallest absolute Gasteiger partial charge is 0.311 e. The number of nitrogens with zero attached hydrogens (tertiary/aromatic N) is 1. The number of carbonyl (C=O) groups is 3. The van der Waals surface area contributed by atoms with E-state index in [0.29, 0.717) is 31.5 Å². The zero-order valence-electron chi connectivity index (χ0n) is 39.2. The second-order valence-corrected chi connectivity index (χ2v) is 19.4. The van der Waals surface area contributed by atoms with Crippen molar-refractivity contribution in [1.82, 2.24) is 4.90 Å². The Hall–Kier alpha value is -1.63. The fourth-order valence-electron chi connectivity index (χ4n) is 8.27. The lowest BCUT2D eigenvalue weighted by Crippen LogP contribution is -2.31. The standard InChI is InChI=1S/C50H95NO6/c1-9-12-15-17-18-20-29-40-55-47(53)49(4,5)36-27-21-25-32-45(57-46(52)41-43-34-38-51(8)39-35-43)33-26-22-28-37-50(6,7)48(54)56-42-44(30-23-14-11-3)31-24-19-16-13-10-2/h43-45H,9-42H2,1-8H3.